The lowest BCUT2D eigenvalue weighted by Gasteiger charge is -2.24. The number of aromatic nitrogens is 4. The number of carbonyl (C=O) groups is 1. The fourth-order valence-electron chi connectivity index (χ4n) is 3.23. The van der Waals surface area contributed by atoms with E-state index in [1.165, 1.54) is 12.7 Å². The van der Waals surface area contributed by atoms with Gasteiger partial charge in [-0.3, -0.25) is 9.36 Å². The van der Waals surface area contributed by atoms with Crippen LogP contribution < -0.4 is 16.8 Å². The average molecular weight is 379 g/mol. The van der Waals surface area contributed by atoms with Gasteiger partial charge in [0.2, 0.25) is 5.91 Å². The maximum atomic E-state index is 12.5. The number of ether oxygens (including phenoxy) is 1. The monoisotopic (exact) mass is 379 g/mol. The van der Waals surface area contributed by atoms with Crippen molar-refractivity contribution >= 4 is 22.9 Å². The summed E-state index contributed by atoms with van der Waals surface area (Å²) >= 11 is 0. The lowest BCUT2D eigenvalue weighted by Crippen LogP contribution is -2.52. The molecule has 1 saturated heterocycles. The minimum absolute atomic E-state index is 0.204. The Kier molecular flexibility index (Phi) is 5.56. The number of fused-ring (bicyclic) bond motifs is 1. The summed E-state index contributed by atoms with van der Waals surface area (Å²) in [6.07, 6.45) is 0.384. The van der Waals surface area contributed by atoms with Crippen molar-refractivity contribution in [3.63, 3.8) is 0 Å². The Morgan fingerprint density at radius 2 is 2.15 bits per heavy atom. The largest absolute Gasteiger partial charge is 0.394 e. The molecule has 1 aliphatic rings. The predicted octanol–water partition coefficient (Wildman–Crippen LogP) is -1.48. The van der Waals surface area contributed by atoms with Gasteiger partial charge in [-0.2, -0.15) is 0 Å². The topological polar surface area (TPSA) is 174 Å². The maximum absolute atomic E-state index is 12.5. The number of nitrogens with zero attached hydrogens (tertiary/aromatic N) is 4. The van der Waals surface area contributed by atoms with E-state index in [0.717, 1.165) is 0 Å². The van der Waals surface area contributed by atoms with Gasteiger partial charge in [-0.05, 0) is 12.3 Å². The first-order chi connectivity index (χ1) is 12.8. The number of nitrogen functional groups attached to an aromatic ring is 1. The summed E-state index contributed by atoms with van der Waals surface area (Å²) in [5.74, 6) is 0.0443. The molecule has 1 aliphatic heterocycles. The minimum atomic E-state index is -1.13. The lowest BCUT2D eigenvalue weighted by molar-refractivity contribution is -0.124. The molecule has 2 unspecified atom stereocenters. The summed E-state index contributed by atoms with van der Waals surface area (Å²) in [6.45, 7) is 3.52. The second-order valence-electron chi connectivity index (χ2n) is 7.09. The van der Waals surface area contributed by atoms with Crippen LogP contribution in [0.2, 0.25) is 0 Å². The summed E-state index contributed by atoms with van der Waals surface area (Å²) in [6, 6.07) is -1.56. The van der Waals surface area contributed by atoms with Crippen molar-refractivity contribution < 1.29 is 19.7 Å². The van der Waals surface area contributed by atoms with Gasteiger partial charge in [-0.15, -0.1) is 0 Å². The normalized spacial score (nSPS) is 26.6. The van der Waals surface area contributed by atoms with Crippen LogP contribution in [0.3, 0.4) is 0 Å². The van der Waals surface area contributed by atoms with Gasteiger partial charge in [0, 0.05) is 0 Å². The Labute approximate surface area is 155 Å². The standard InChI is InChI=1S/C16H25N7O4/c1-7(2)3-8(17)15(26)22-10-12(25)9(4-24)27-16(10)23-6-21-11-13(18)19-5-20-14(11)23/h5-10,12,16,24-25H,3-4,17H2,1-2H3,(H,22,26)(H2,18,19,20)/t8?,9-,10+,12?,16-/m1/s1. The highest BCUT2D eigenvalue weighted by molar-refractivity contribution is 5.82. The highest BCUT2D eigenvalue weighted by atomic mass is 16.5. The number of hydrogen-bond acceptors (Lipinski definition) is 9. The van der Waals surface area contributed by atoms with E-state index in [-0.39, 0.29) is 11.7 Å². The molecule has 0 bridgehead atoms. The zero-order valence-corrected chi connectivity index (χ0v) is 15.2. The molecule has 11 heteroatoms. The lowest BCUT2D eigenvalue weighted by atomic mass is 10.0. The Bertz CT molecular complexity index is 811. The Morgan fingerprint density at radius 3 is 2.81 bits per heavy atom. The zero-order chi connectivity index (χ0) is 19.7. The molecule has 0 spiro atoms. The number of carbonyl (C=O) groups excluding carboxylic acids is 1. The van der Waals surface area contributed by atoms with Gasteiger partial charge in [0.1, 0.15) is 30.1 Å². The Morgan fingerprint density at radius 1 is 1.41 bits per heavy atom. The van der Waals surface area contributed by atoms with Crippen LogP contribution in [0, 0.1) is 5.92 Å². The molecular weight excluding hydrogens is 354 g/mol. The smallest absolute Gasteiger partial charge is 0.237 e. The third-order valence-electron chi connectivity index (χ3n) is 4.58. The third-order valence-corrected chi connectivity index (χ3v) is 4.58. The van der Waals surface area contributed by atoms with E-state index in [9.17, 15) is 15.0 Å². The van der Waals surface area contributed by atoms with Crippen molar-refractivity contribution in [1.82, 2.24) is 24.8 Å². The van der Waals surface area contributed by atoms with E-state index >= 15 is 0 Å². The minimum Gasteiger partial charge on any atom is -0.394 e. The molecule has 2 aromatic rings. The van der Waals surface area contributed by atoms with Gasteiger partial charge in [0.25, 0.3) is 0 Å². The van der Waals surface area contributed by atoms with Crippen LogP contribution in [0.4, 0.5) is 5.82 Å². The van der Waals surface area contributed by atoms with Crippen LogP contribution in [0.5, 0.6) is 0 Å². The van der Waals surface area contributed by atoms with Crippen molar-refractivity contribution in [3.8, 4) is 0 Å². The first kappa shape index (κ1) is 19.4. The molecule has 1 fully saturated rings. The van der Waals surface area contributed by atoms with E-state index in [2.05, 4.69) is 20.3 Å². The first-order valence-electron chi connectivity index (χ1n) is 8.76. The second-order valence-corrected chi connectivity index (χ2v) is 7.09. The van der Waals surface area contributed by atoms with E-state index in [4.69, 9.17) is 16.2 Å². The molecular formula is C16H25N7O4. The summed E-state index contributed by atoms with van der Waals surface area (Å²) in [4.78, 5) is 24.7. The number of rotatable bonds is 6. The summed E-state index contributed by atoms with van der Waals surface area (Å²) < 4.78 is 7.30. The quantitative estimate of drug-likeness (QED) is 0.401. The summed E-state index contributed by atoms with van der Waals surface area (Å²) in [7, 11) is 0. The van der Waals surface area contributed by atoms with Gasteiger partial charge in [0.15, 0.2) is 17.7 Å². The number of aliphatic hydroxyl groups is 2. The Balaban J connectivity index is 1.89. The van der Waals surface area contributed by atoms with Crippen LogP contribution in [-0.2, 0) is 9.53 Å². The number of amides is 1. The molecule has 11 nitrogen and oxygen atoms in total. The van der Waals surface area contributed by atoms with Crippen molar-refractivity contribution in [2.75, 3.05) is 12.3 Å². The van der Waals surface area contributed by atoms with Crippen molar-refractivity contribution in [3.05, 3.63) is 12.7 Å². The molecule has 3 heterocycles. The molecule has 3 rings (SSSR count). The van der Waals surface area contributed by atoms with Gasteiger partial charge < -0.3 is 31.7 Å². The first-order valence-corrected chi connectivity index (χ1v) is 8.76. The molecule has 148 valence electrons. The SMILES string of the molecule is CC(C)CC(N)C(=O)N[C@H]1C(O)[C@@H](CO)O[C@H]1n1cnc2c(N)ncnc21. The maximum Gasteiger partial charge on any atom is 0.237 e. The van der Waals surface area contributed by atoms with E-state index in [1.54, 1.807) is 4.57 Å². The molecule has 27 heavy (non-hydrogen) atoms. The van der Waals surface area contributed by atoms with Gasteiger partial charge >= 0.3 is 0 Å². The van der Waals surface area contributed by atoms with E-state index in [0.29, 0.717) is 17.6 Å². The summed E-state index contributed by atoms with van der Waals surface area (Å²) in [5.41, 5.74) is 12.5. The zero-order valence-electron chi connectivity index (χ0n) is 15.2. The van der Waals surface area contributed by atoms with Crippen molar-refractivity contribution in [2.24, 2.45) is 11.7 Å². The van der Waals surface area contributed by atoms with Crippen LogP contribution in [0.25, 0.3) is 11.2 Å². The van der Waals surface area contributed by atoms with E-state index < -0.39 is 43.0 Å². The van der Waals surface area contributed by atoms with Crippen LogP contribution >= 0.6 is 0 Å². The fraction of sp³-hybridized carbons (Fsp3) is 0.625. The third kappa shape index (κ3) is 3.72. The van der Waals surface area contributed by atoms with E-state index in [1.807, 2.05) is 13.8 Å². The second kappa shape index (κ2) is 7.72. The fourth-order valence-corrected chi connectivity index (χ4v) is 3.23. The van der Waals surface area contributed by atoms with Crippen LogP contribution in [-0.4, -0.2) is 66.5 Å². The highest BCUT2D eigenvalue weighted by Gasteiger charge is 2.46. The summed E-state index contributed by atoms with van der Waals surface area (Å²) in [5, 5.41) is 22.8. The number of anilines is 1. The molecule has 0 saturated carbocycles. The average Bonchev–Trinajstić information content (AvgIpc) is 3.17. The number of nitrogens with two attached hydrogens (primary N) is 2. The number of imidazole rings is 1. The van der Waals surface area contributed by atoms with Crippen LogP contribution in [0.15, 0.2) is 12.7 Å². The molecule has 0 aromatic carbocycles. The van der Waals surface area contributed by atoms with Gasteiger partial charge in [-0.25, -0.2) is 15.0 Å². The number of aliphatic hydroxyl groups excluding tert-OH is 2. The molecule has 7 N–H and O–H groups in total. The van der Waals surface area contributed by atoms with Gasteiger partial charge in [0.05, 0.1) is 19.0 Å². The number of hydrogen-bond donors (Lipinski definition) is 5. The van der Waals surface area contributed by atoms with Crippen molar-refractivity contribution in [2.45, 2.75) is 50.8 Å². The van der Waals surface area contributed by atoms with Gasteiger partial charge in [-0.1, -0.05) is 13.8 Å². The molecule has 0 radical (unpaired) electrons. The predicted molar refractivity (Wildman–Crippen MR) is 96.1 cm³/mol. The van der Waals surface area contributed by atoms with Crippen molar-refractivity contribution in [1.29, 1.82) is 0 Å². The molecule has 1 amide bonds. The Hall–Kier alpha value is -2.34. The number of nitrogens with one attached hydrogen (secondary N) is 1. The molecule has 5 atom stereocenters. The highest BCUT2D eigenvalue weighted by Crippen LogP contribution is 2.32. The molecule has 2 aromatic heterocycles. The molecule has 0 aliphatic carbocycles. The van der Waals surface area contributed by atoms with Crippen LogP contribution in [0.1, 0.15) is 26.5 Å².